The molecular weight excluding hydrogens is 162 g/mol. The van der Waals surface area contributed by atoms with Crippen LogP contribution in [0.25, 0.3) is 0 Å². The zero-order valence-corrected chi connectivity index (χ0v) is 6.53. The highest BCUT2D eigenvalue weighted by Crippen LogP contribution is 1.93. The third-order valence-corrected chi connectivity index (χ3v) is 1.34. The Kier molecular flexibility index (Phi) is 2.51. The van der Waals surface area contributed by atoms with Gasteiger partial charge in [-0.1, -0.05) is 0 Å². The van der Waals surface area contributed by atoms with Gasteiger partial charge in [-0.25, -0.2) is 0 Å². The van der Waals surface area contributed by atoms with Crippen molar-refractivity contribution in [3.8, 4) is 0 Å². The summed E-state index contributed by atoms with van der Waals surface area (Å²) in [5.74, 6) is -0.970. The van der Waals surface area contributed by atoms with E-state index in [1.165, 1.54) is 7.11 Å². The van der Waals surface area contributed by atoms with Gasteiger partial charge < -0.3 is 15.8 Å². The van der Waals surface area contributed by atoms with Gasteiger partial charge in [0.15, 0.2) is 6.04 Å². The van der Waals surface area contributed by atoms with Crippen LogP contribution in [0.2, 0.25) is 0 Å². The van der Waals surface area contributed by atoms with Crippen molar-refractivity contribution in [3.05, 3.63) is 0 Å². The van der Waals surface area contributed by atoms with Crippen LogP contribution in [0.1, 0.15) is 0 Å². The predicted octanol–water partition coefficient (Wildman–Crippen LogP) is -1.98. The molecule has 1 aliphatic heterocycles. The van der Waals surface area contributed by atoms with Crippen molar-refractivity contribution in [1.82, 2.24) is 5.32 Å². The third kappa shape index (κ3) is 1.66. The van der Waals surface area contributed by atoms with Gasteiger partial charge in [0, 0.05) is 7.11 Å². The van der Waals surface area contributed by atoms with Gasteiger partial charge in [0.25, 0.3) is 11.8 Å². The fourth-order valence-electron chi connectivity index (χ4n) is 0.768. The Morgan fingerprint density at radius 2 is 2.33 bits per heavy atom. The Labute approximate surface area is 68.8 Å². The molecule has 0 aromatic heterocycles. The Bertz CT molecular complexity index is 248. The van der Waals surface area contributed by atoms with Crippen LogP contribution in [0, 0.1) is 0 Å². The summed E-state index contributed by atoms with van der Waals surface area (Å²) in [4.78, 5) is 25.3. The minimum absolute atomic E-state index is 0.101. The number of carbonyl (C=O) groups excluding carboxylic acids is 2. The summed E-state index contributed by atoms with van der Waals surface area (Å²) >= 11 is 0. The molecule has 0 fully saturated rings. The third-order valence-electron chi connectivity index (χ3n) is 1.34. The molecule has 0 radical (unpaired) electrons. The van der Waals surface area contributed by atoms with Crippen LogP contribution >= 0.6 is 0 Å². The van der Waals surface area contributed by atoms with E-state index in [-0.39, 0.29) is 12.4 Å². The second-order valence-corrected chi connectivity index (χ2v) is 2.30. The molecule has 6 nitrogen and oxygen atoms in total. The second kappa shape index (κ2) is 3.42. The molecule has 2 amide bonds. The van der Waals surface area contributed by atoms with Crippen LogP contribution in [0.5, 0.6) is 0 Å². The molecule has 0 aromatic rings. The van der Waals surface area contributed by atoms with Crippen LogP contribution in [0.15, 0.2) is 4.99 Å². The van der Waals surface area contributed by atoms with E-state index in [1.807, 2.05) is 0 Å². The predicted molar refractivity (Wildman–Crippen MR) is 40.4 cm³/mol. The summed E-state index contributed by atoms with van der Waals surface area (Å²) in [6, 6.07) is -1.18. The van der Waals surface area contributed by atoms with Gasteiger partial charge in [0.2, 0.25) is 0 Å². The van der Waals surface area contributed by atoms with E-state index in [0.717, 1.165) is 0 Å². The number of hydrogen-bond acceptors (Lipinski definition) is 4. The number of hydrogen-bond donors (Lipinski definition) is 2. The Morgan fingerprint density at radius 1 is 1.67 bits per heavy atom. The van der Waals surface area contributed by atoms with E-state index in [4.69, 9.17) is 5.73 Å². The lowest BCUT2D eigenvalue weighted by molar-refractivity contribution is -0.129. The van der Waals surface area contributed by atoms with Gasteiger partial charge in [-0.2, -0.15) is 4.99 Å². The number of rotatable bonds is 2. The quantitative estimate of drug-likeness (QED) is 0.470. The highest BCUT2D eigenvalue weighted by molar-refractivity contribution is 6.18. The first kappa shape index (κ1) is 8.82. The first-order valence-electron chi connectivity index (χ1n) is 3.32. The van der Waals surface area contributed by atoms with Crippen LogP contribution in [0.3, 0.4) is 0 Å². The number of methoxy groups -OCH3 is 1. The summed E-state index contributed by atoms with van der Waals surface area (Å²) in [6.45, 7) is 0.101. The van der Waals surface area contributed by atoms with E-state index in [0.29, 0.717) is 0 Å². The number of amides is 2. The molecule has 0 aliphatic carbocycles. The molecule has 1 rings (SSSR count). The standard InChI is InChI=1S/C6H9N3O3/c1-12-2-3-8-5(10)4(7)6(11)9-3/h4H,2,7H2,1H3,(H,8,9,10,11). The molecule has 1 atom stereocenters. The molecule has 6 heteroatoms. The number of aliphatic imine (C=N–C) groups is 1. The molecule has 1 aliphatic rings. The Balaban J connectivity index is 2.74. The molecule has 0 bridgehead atoms. The fraction of sp³-hybridized carbons (Fsp3) is 0.500. The molecule has 0 saturated carbocycles. The van der Waals surface area contributed by atoms with Crippen molar-refractivity contribution in [1.29, 1.82) is 0 Å². The highest BCUT2D eigenvalue weighted by Gasteiger charge is 2.27. The number of nitrogens with one attached hydrogen (secondary N) is 1. The molecule has 66 valence electrons. The summed E-state index contributed by atoms with van der Waals surface area (Å²) in [5.41, 5.74) is 5.17. The fourth-order valence-corrected chi connectivity index (χ4v) is 0.768. The molecule has 1 heterocycles. The van der Waals surface area contributed by atoms with Gasteiger partial charge in [0.05, 0.1) is 0 Å². The maximum atomic E-state index is 10.9. The molecule has 0 spiro atoms. The highest BCUT2D eigenvalue weighted by atomic mass is 16.5. The summed E-state index contributed by atoms with van der Waals surface area (Å²) < 4.78 is 4.67. The van der Waals surface area contributed by atoms with E-state index in [9.17, 15) is 9.59 Å². The number of nitrogens with zero attached hydrogens (tertiary/aromatic N) is 1. The Morgan fingerprint density at radius 3 is 2.83 bits per heavy atom. The van der Waals surface area contributed by atoms with E-state index in [2.05, 4.69) is 15.0 Å². The van der Waals surface area contributed by atoms with Crippen LogP contribution in [-0.4, -0.2) is 37.4 Å². The number of carbonyl (C=O) groups is 2. The van der Waals surface area contributed by atoms with Gasteiger partial charge in [-0.05, 0) is 0 Å². The van der Waals surface area contributed by atoms with Gasteiger partial charge in [0.1, 0.15) is 12.4 Å². The monoisotopic (exact) mass is 171 g/mol. The maximum Gasteiger partial charge on any atom is 0.274 e. The van der Waals surface area contributed by atoms with Crippen molar-refractivity contribution >= 4 is 17.6 Å². The van der Waals surface area contributed by atoms with Crippen molar-refractivity contribution in [2.75, 3.05) is 13.7 Å². The van der Waals surface area contributed by atoms with E-state index >= 15 is 0 Å². The average molecular weight is 171 g/mol. The SMILES string of the molecule is COCC1=NC(=O)C(N)C(=O)N1. The normalized spacial score (nSPS) is 23.5. The molecular formula is C6H9N3O3. The largest absolute Gasteiger partial charge is 0.377 e. The number of ether oxygens (including phenoxy) is 1. The number of nitrogens with two attached hydrogens (primary N) is 1. The zero-order valence-electron chi connectivity index (χ0n) is 6.53. The molecule has 1 unspecified atom stereocenters. The number of amidine groups is 1. The Hall–Kier alpha value is -1.27. The van der Waals surface area contributed by atoms with E-state index in [1.54, 1.807) is 0 Å². The molecule has 0 aromatic carbocycles. The second-order valence-electron chi connectivity index (χ2n) is 2.30. The lowest BCUT2D eigenvalue weighted by Crippen LogP contribution is -2.52. The summed E-state index contributed by atoms with van der Waals surface area (Å²) in [6.07, 6.45) is 0. The van der Waals surface area contributed by atoms with Crippen LogP contribution < -0.4 is 11.1 Å². The smallest absolute Gasteiger partial charge is 0.274 e. The molecule has 12 heavy (non-hydrogen) atoms. The summed E-state index contributed by atoms with van der Waals surface area (Å²) in [7, 11) is 1.44. The van der Waals surface area contributed by atoms with Crippen molar-refractivity contribution in [2.45, 2.75) is 6.04 Å². The lowest BCUT2D eigenvalue weighted by atomic mass is 10.2. The maximum absolute atomic E-state index is 10.9. The van der Waals surface area contributed by atoms with Gasteiger partial charge in [-0.15, -0.1) is 0 Å². The zero-order chi connectivity index (χ0) is 9.14. The van der Waals surface area contributed by atoms with E-state index < -0.39 is 17.9 Å². The van der Waals surface area contributed by atoms with Crippen molar-refractivity contribution < 1.29 is 14.3 Å². The van der Waals surface area contributed by atoms with Crippen molar-refractivity contribution in [3.63, 3.8) is 0 Å². The lowest BCUT2D eigenvalue weighted by Gasteiger charge is -2.15. The molecule has 3 N–H and O–H groups in total. The van der Waals surface area contributed by atoms with Crippen molar-refractivity contribution in [2.24, 2.45) is 10.7 Å². The minimum atomic E-state index is -1.18. The van der Waals surface area contributed by atoms with Crippen LogP contribution in [-0.2, 0) is 14.3 Å². The molecule has 0 saturated heterocycles. The van der Waals surface area contributed by atoms with Crippen LogP contribution in [0.4, 0.5) is 0 Å². The first-order valence-corrected chi connectivity index (χ1v) is 3.32. The average Bonchev–Trinajstić information content (AvgIpc) is 2.01. The van der Waals surface area contributed by atoms with Gasteiger partial charge in [-0.3, -0.25) is 9.59 Å². The summed E-state index contributed by atoms with van der Waals surface area (Å²) in [5, 5.41) is 2.34. The topological polar surface area (TPSA) is 93.8 Å². The first-order chi connectivity index (χ1) is 5.65. The minimum Gasteiger partial charge on any atom is -0.377 e. The van der Waals surface area contributed by atoms with Gasteiger partial charge >= 0.3 is 0 Å².